The Morgan fingerprint density at radius 1 is 1.00 bits per heavy atom. The molecule has 2 aromatic rings. The van der Waals surface area contributed by atoms with Gasteiger partial charge in [0.1, 0.15) is 5.82 Å². The summed E-state index contributed by atoms with van der Waals surface area (Å²) in [6.45, 7) is 16.6. The van der Waals surface area contributed by atoms with E-state index >= 15 is 0 Å². The van der Waals surface area contributed by atoms with Crippen molar-refractivity contribution in [3.05, 3.63) is 48.2 Å². The number of hydrogen-bond donors (Lipinski definition) is 0. The summed E-state index contributed by atoms with van der Waals surface area (Å²) in [6, 6.07) is 13.0. The Labute approximate surface area is 164 Å². The largest absolute Gasteiger partial charge is 0.368 e. The second-order valence-corrected chi connectivity index (χ2v) is 8.46. The summed E-state index contributed by atoms with van der Waals surface area (Å²) in [7, 11) is 0. The third-order valence-corrected chi connectivity index (χ3v) is 5.46. The van der Waals surface area contributed by atoms with Crippen LogP contribution in [-0.2, 0) is 0 Å². The van der Waals surface area contributed by atoms with Crippen molar-refractivity contribution in [2.45, 2.75) is 46.6 Å². The normalized spacial score (nSPS) is 15.8. The Morgan fingerprint density at radius 3 is 2.26 bits per heavy atom. The average molecular weight is 367 g/mol. The lowest BCUT2D eigenvalue weighted by Crippen LogP contribution is -2.53. The van der Waals surface area contributed by atoms with E-state index in [2.05, 4.69) is 85.7 Å². The minimum atomic E-state index is 0.252. The second kappa shape index (κ2) is 8.30. The van der Waals surface area contributed by atoms with E-state index in [1.54, 1.807) is 0 Å². The highest BCUT2D eigenvalue weighted by atomic mass is 15.3. The minimum absolute atomic E-state index is 0.252. The third-order valence-electron chi connectivity index (χ3n) is 5.46. The number of para-hydroxylation sites is 1. The fourth-order valence-corrected chi connectivity index (χ4v) is 3.81. The molecule has 0 radical (unpaired) electrons. The van der Waals surface area contributed by atoms with Crippen molar-refractivity contribution in [2.24, 2.45) is 0 Å². The zero-order chi connectivity index (χ0) is 19.4. The van der Waals surface area contributed by atoms with Gasteiger partial charge in [0, 0.05) is 44.0 Å². The third kappa shape index (κ3) is 4.62. The van der Waals surface area contributed by atoms with Crippen LogP contribution >= 0.6 is 0 Å². The first-order valence-electron chi connectivity index (χ1n) is 10.2. The number of piperazine rings is 1. The van der Waals surface area contributed by atoms with Gasteiger partial charge < -0.3 is 9.80 Å². The van der Waals surface area contributed by atoms with Gasteiger partial charge in [0.05, 0.1) is 11.9 Å². The van der Waals surface area contributed by atoms with Crippen LogP contribution in [0.15, 0.2) is 42.6 Å². The molecule has 0 amide bonds. The molecule has 1 aromatic heterocycles. The molecule has 4 nitrogen and oxygen atoms in total. The number of pyridine rings is 1. The van der Waals surface area contributed by atoms with E-state index in [-0.39, 0.29) is 5.54 Å². The van der Waals surface area contributed by atoms with Gasteiger partial charge >= 0.3 is 0 Å². The van der Waals surface area contributed by atoms with Crippen LogP contribution in [0, 0.1) is 6.92 Å². The van der Waals surface area contributed by atoms with Crippen LogP contribution in [0.1, 0.15) is 39.7 Å². The van der Waals surface area contributed by atoms with Crippen LogP contribution in [0.4, 0.5) is 17.2 Å². The molecule has 0 N–H and O–H groups in total. The predicted octanol–water partition coefficient (Wildman–Crippen LogP) is 4.86. The van der Waals surface area contributed by atoms with Crippen LogP contribution in [0.2, 0.25) is 0 Å². The molecule has 4 heteroatoms. The lowest BCUT2D eigenvalue weighted by molar-refractivity contribution is 0.128. The molecule has 3 rings (SSSR count). The molecule has 0 spiro atoms. The van der Waals surface area contributed by atoms with Gasteiger partial charge in [-0.2, -0.15) is 0 Å². The van der Waals surface area contributed by atoms with Crippen LogP contribution in [0.3, 0.4) is 0 Å². The predicted molar refractivity (Wildman–Crippen MR) is 116 cm³/mol. The monoisotopic (exact) mass is 366 g/mol. The first-order chi connectivity index (χ1) is 12.9. The summed E-state index contributed by atoms with van der Waals surface area (Å²) in [5.41, 5.74) is 4.02. The molecule has 0 unspecified atom stereocenters. The number of nitrogens with zero attached hydrogens (tertiary/aromatic N) is 4. The highest BCUT2D eigenvalue weighted by Crippen LogP contribution is 2.28. The maximum atomic E-state index is 4.83. The van der Waals surface area contributed by atoms with Crippen molar-refractivity contribution >= 4 is 17.2 Å². The molecule has 0 atom stereocenters. The molecule has 2 heterocycles. The number of anilines is 3. The van der Waals surface area contributed by atoms with Crippen molar-refractivity contribution in [2.75, 3.05) is 42.5 Å². The van der Waals surface area contributed by atoms with Crippen molar-refractivity contribution < 1.29 is 0 Å². The van der Waals surface area contributed by atoms with Gasteiger partial charge in [-0.05, 0) is 57.9 Å². The van der Waals surface area contributed by atoms with Crippen molar-refractivity contribution in [1.29, 1.82) is 0 Å². The summed E-state index contributed by atoms with van der Waals surface area (Å²) in [5.74, 6) is 1.03. The fraction of sp³-hybridized carbons (Fsp3) is 0.522. The van der Waals surface area contributed by atoms with Gasteiger partial charge in [-0.25, -0.2) is 4.98 Å². The molecule has 0 aliphatic carbocycles. The highest BCUT2D eigenvalue weighted by Gasteiger charge is 2.26. The van der Waals surface area contributed by atoms with Crippen molar-refractivity contribution in [3.8, 4) is 0 Å². The fourth-order valence-electron chi connectivity index (χ4n) is 3.81. The molecular weight excluding hydrogens is 332 g/mol. The Hall–Kier alpha value is -2.07. The zero-order valence-electron chi connectivity index (χ0n) is 17.6. The van der Waals surface area contributed by atoms with Gasteiger partial charge in [0.25, 0.3) is 0 Å². The summed E-state index contributed by atoms with van der Waals surface area (Å²) in [5, 5.41) is 0. The Morgan fingerprint density at radius 2 is 1.70 bits per heavy atom. The average Bonchev–Trinajstić information content (AvgIpc) is 2.66. The number of aromatic nitrogens is 1. The number of benzene rings is 1. The lowest BCUT2D eigenvalue weighted by Gasteiger charge is -2.43. The summed E-state index contributed by atoms with van der Waals surface area (Å²) in [6.07, 6.45) is 3.13. The highest BCUT2D eigenvalue weighted by molar-refractivity contribution is 5.64. The minimum Gasteiger partial charge on any atom is -0.368 e. The van der Waals surface area contributed by atoms with Gasteiger partial charge in [0.2, 0.25) is 0 Å². The smallest absolute Gasteiger partial charge is 0.133 e. The van der Waals surface area contributed by atoms with E-state index in [0.717, 1.165) is 45.0 Å². The zero-order valence-corrected chi connectivity index (χ0v) is 17.6. The first kappa shape index (κ1) is 19.7. The molecule has 1 fully saturated rings. The van der Waals surface area contributed by atoms with Gasteiger partial charge in [-0.15, -0.1) is 0 Å². The molecule has 1 saturated heterocycles. The van der Waals surface area contributed by atoms with Crippen LogP contribution in [-0.4, -0.2) is 48.1 Å². The molecule has 1 aliphatic rings. The topological polar surface area (TPSA) is 22.6 Å². The Kier molecular flexibility index (Phi) is 6.05. The standard InChI is InChI=1S/C23H34N4/c1-6-13-27(21-10-8-7-9-19(21)2)22-12-11-20(18-24-22)25-14-16-26(17-15-25)23(3,4)5/h7-12,18H,6,13-17H2,1-5H3. The van der Waals surface area contributed by atoms with Crippen LogP contribution < -0.4 is 9.80 Å². The van der Waals surface area contributed by atoms with Gasteiger partial charge in [-0.3, -0.25) is 4.90 Å². The molecule has 1 aliphatic heterocycles. The SMILES string of the molecule is CCCN(c1ccc(N2CCN(C(C)(C)C)CC2)cn1)c1ccccc1C. The van der Waals surface area contributed by atoms with Crippen LogP contribution in [0.5, 0.6) is 0 Å². The summed E-state index contributed by atoms with van der Waals surface area (Å²) < 4.78 is 0. The van der Waals surface area contributed by atoms with E-state index in [1.165, 1.54) is 16.9 Å². The Bertz CT molecular complexity index is 725. The van der Waals surface area contributed by atoms with Crippen molar-refractivity contribution in [3.63, 3.8) is 0 Å². The van der Waals surface area contributed by atoms with Crippen LogP contribution in [0.25, 0.3) is 0 Å². The number of hydrogen-bond acceptors (Lipinski definition) is 4. The molecule has 1 aromatic carbocycles. The van der Waals surface area contributed by atoms with E-state index in [1.807, 2.05) is 6.20 Å². The van der Waals surface area contributed by atoms with E-state index in [4.69, 9.17) is 4.98 Å². The quantitative estimate of drug-likeness (QED) is 0.754. The van der Waals surface area contributed by atoms with Gasteiger partial charge in [-0.1, -0.05) is 25.1 Å². The maximum absolute atomic E-state index is 4.83. The molecule has 146 valence electrons. The second-order valence-electron chi connectivity index (χ2n) is 8.46. The number of rotatable bonds is 5. The van der Waals surface area contributed by atoms with E-state index in [9.17, 15) is 0 Å². The summed E-state index contributed by atoms with van der Waals surface area (Å²) in [4.78, 5) is 12.2. The molecule has 27 heavy (non-hydrogen) atoms. The Balaban J connectivity index is 1.73. The summed E-state index contributed by atoms with van der Waals surface area (Å²) >= 11 is 0. The van der Waals surface area contributed by atoms with Crippen molar-refractivity contribution in [1.82, 2.24) is 9.88 Å². The molecule has 0 saturated carbocycles. The van der Waals surface area contributed by atoms with E-state index < -0.39 is 0 Å². The maximum Gasteiger partial charge on any atom is 0.133 e. The van der Waals surface area contributed by atoms with E-state index in [0.29, 0.717) is 0 Å². The first-order valence-corrected chi connectivity index (χ1v) is 10.2. The lowest BCUT2D eigenvalue weighted by atomic mass is 10.0. The van der Waals surface area contributed by atoms with Gasteiger partial charge in [0.15, 0.2) is 0 Å². The number of aryl methyl sites for hydroxylation is 1. The molecule has 0 bridgehead atoms. The molecular formula is C23H34N4.